The predicted octanol–water partition coefficient (Wildman–Crippen LogP) is 3.94. The number of aryl methyl sites for hydroxylation is 2. The molecule has 144 valence electrons. The Bertz CT molecular complexity index is 1150. The zero-order chi connectivity index (χ0) is 20.3. The van der Waals surface area contributed by atoms with Crippen molar-refractivity contribution in [3.63, 3.8) is 0 Å². The number of hydrogen-bond donors (Lipinski definition) is 0. The van der Waals surface area contributed by atoms with E-state index in [2.05, 4.69) is 9.97 Å². The highest BCUT2D eigenvalue weighted by atomic mass is 35.5. The number of aromatic nitrogens is 2. The Balaban J connectivity index is 1.90. The maximum absolute atomic E-state index is 12.7. The Kier molecular flexibility index (Phi) is 5.76. The molecule has 0 unspecified atom stereocenters. The Morgan fingerprint density at radius 3 is 2.57 bits per heavy atom. The van der Waals surface area contributed by atoms with Gasteiger partial charge in [0.15, 0.2) is 5.69 Å². The Labute approximate surface area is 168 Å². The fourth-order valence-electron chi connectivity index (χ4n) is 2.52. The second kappa shape index (κ2) is 8.08. The van der Waals surface area contributed by atoms with Crippen LogP contribution in [0.25, 0.3) is 0 Å². The summed E-state index contributed by atoms with van der Waals surface area (Å²) >= 11 is 6.00. The van der Waals surface area contributed by atoms with Gasteiger partial charge in [0.1, 0.15) is 5.75 Å². The van der Waals surface area contributed by atoms with Crippen LogP contribution in [-0.4, -0.2) is 24.4 Å². The summed E-state index contributed by atoms with van der Waals surface area (Å²) in [7, 11) is -3.88. The highest BCUT2D eigenvalue weighted by Gasteiger charge is 2.24. The molecule has 6 nitrogen and oxygen atoms in total. The molecule has 0 atom stereocenters. The van der Waals surface area contributed by atoms with E-state index in [1.54, 1.807) is 30.3 Å². The molecule has 8 heteroatoms. The second-order valence-corrected chi connectivity index (χ2v) is 8.53. The van der Waals surface area contributed by atoms with E-state index >= 15 is 0 Å². The predicted molar refractivity (Wildman–Crippen MR) is 105 cm³/mol. The number of halogens is 1. The molecule has 0 saturated heterocycles. The summed E-state index contributed by atoms with van der Waals surface area (Å²) in [6, 6.07) is 14.0. The summed E-state index contributed by atoms with van der Waals surface area (Å²) in [6.45, 7) is 3.67. The lowest BCUT2D eigenvalue weighted by Gasteiger charge is -2.09. The Morgan fingerprint density at radius 1 is 1.11 bits per heavy atom. The van der Waals surface area contributed by atoms with Gasteiger partial charge in [-0.25, -0.2) is 23.2 Å². The third-order valence-electron chi connectivity index (χ3n) is 4.00. The lowest BCUT2D eigenvalue weighted by molar-refractivity contribution is 0.0727. The lowest BCUT2D eigenvalue weighted by Crippen LogP contribution is -2.16. The summed E-state index contributed by atoms with van der Waals surface area (Å²) in [5.74, 6) is -0.831. The van der Waals surface area contributed by atoms with E-state index in [1.807, 2.05) is 32.0 Å². The smallest absolute Gasteiger partial charge is 0.364 e. The molecular weight excluding hydrogens is 400 g/mol. The normalized spacial score (nSPS) is 11.2. The van der Waals surface area contributed by atoms with Crippen LogP contribution in [0.2, 0.25) is 5.02 Å². The summed E-state index contributed by atoms with van der Waals surface area (Å²) in [6.07, 6.45) is 1.09. The van der Waals surface area contributed by atoms with Crippen LogP contribution in [0.5, 0.6) is 5.75 Å². The van der Waals surface area contributed by atoms with Crippen LogP contribution >= 0.6 is 11.6 Å². The van der Waals surface area contributed by atoms with Crippen molar-refractivity contribution in [2.24, 2.45) is 0 Å². The molecule has 0 N–H and O–H groups in total. The average Bonchev–Trinajstić information content (AvgIpc) is 2.63. The monoisotopic (exact) mass is 416 g/mol. The largest absolute Gasteiger partial charge is 0.422 e. The molecule has 2 aromatic carbocycles. The zero-order valence-electron chi connectivity index (χ0n) is 15.2. The first-order chi connectivity index (χ1) is 13.3. The maximum atomic E-state index is 12.7. The molecule has 0 fully saturated rings. The Hall–Kier alpha value is -2.77. The van der Waals surface area contributed by atoms with Crippen molar-refractivity contribution in [1.82, 2.24) is 9.97 Å². The summed E-state index contributed by atoms with van der Waals surface area (Å²) in [5, 5.41) is -0.566. The van der Waals surface area contributed by atoms with Gasteiger partial charge in [-0.3, -0.25) is 0 Å². The van der Waals surface area contributed by atoms with Gasteiger partial charge in [-0.2, -0.15) is 0 Å². The minimum Gasteiger partial charge on any atom is -0.422 e. The zero-order valence-corrected chi connectivity index (χ0v) is 16.8. The van der Waals surface area contributed by atoms with Crippen LogP contribution in [0.3, 0.4) is 0 Å². The van der Waals surface area contributed by atoms with Crippen LogP contribution in [0.4, 0.5) is 0 Å². The molecule has 0 aliphatic rings. The van der Waals surface area contributed by atoms with Gasteiger partial charge in [0, 0.05) is 0 Å². The number of rotatable bonds is 5. The molecular formula is C20H17ClN2O4S. The Morgan fingerprint density at radius 2 is 1.86 bits per heavy atom. The van der Waals surface area contributed by atoms with Crippen LogP contribution in [-0.2, 0) is 15.6 Å². The number of carbonyl (C=O) groups is 1. The van der Waals surface area contributed by atoms with Crippen molar-refractivity contribution in [3.8, 4) is 5.75 Å². The number of sulfone groups is 1. The van der Waals surface area contributed by atoms with E-state index in [0.717, 1.165) is 17.3 Å². The number of carbonyl (C=O) groups excluding carboxylic acids is 1. The van der Waals surface area contributed by atoms with Gasteiger partial charge >= 0.3 is 5.97 Å². The number of ether oxygens (including phenoxy) is 1. The third-order valence-corrected chi connectivity index (χ3v) is 5.72. The van der Waals surface area contributed by atoms with Gasteiger partial charge < -0.3 is 4.74 Å². The number of hydrogen-bond acceptors (Lipinski definition) is 6. The molecule has 0 saturated carbocycles. The van der Waals surface area contributed by atoms with E-state index in [0.29, 0.717) is 11.3 Å². The molecule has 1 aromatic heterocycles. The molecule has 0 radical (unpaired) electrons. The van der Waals surface area contributed by atoms with E-state index in [-0.39, 0.29) is 16.5 Å². The molecule has 0 aliphatic carbocycles. The lowest BCUT2D eigenvalue weighted by atomic mass is 10.1. The van der Waals surface area contributed by atoms with Crippen molar-refractivity contribution in [3.05, 3.63) is 82.1 Å². The van der Waals surface area contributed by atoms with Crippen molar-refractivity contribution >= 4 is 27.4 Å². The van der Waals surface area contributed by atoms with Crippen molar-refractivity contribution < 1.29 is 17.9 Å². The van der Waals surface area contributed by atoms with Gasteiger partial charge in [0.2, 0.25) is 15.0 Å². The molecule has 0 spiro atoms. The molecule has 0 aliphatic heterocycles. The number of nitrogens with zero attached hydrogens (tertiary/aromatic N) is 2. The third kappa shape index (κ3) is 4.55. The standard InChI is InChI=1S/C20H17ClN2O4S/c1-13-6-5-9-16(10-13)27-19(24)18-17(21)11-22-20(23-18)28(25,26)12-15-8-4-3-7-14(15)2/h3-11H,12H2,1-2H3. The summed E-state index contributed by atoms with van der Waals surface area (Å²) < 4.78 is 30.7. The number of esters is 1. The molecule has 3 rings (SSSR count). The van der Waals surface area contributed by atoms with E-state index in [1.165, 1.54) is 0 Å². The fraction of sp³-hybridized carbons (Fsp3) is 0.150. The van der Waals surface area contributed by atoms with Crippen LogP contribution in [0.15, 0.2) is 59.9 Å². The number of benzene rings is 2. The highest BCUT2D eigenvalue weighted by Crippen LogP contribution is 2.21. The van der Waals surface area contributed by atoms with Gasteiger partial charge in [-0.15, -0.1) is 0 Å². The van der Waals surface area contributed by atoms with Gasteiger partial charge in [0.25, 0.3) is 0 Å². The van der Waals surface area contributed by atoms with Gasteiger partial charge in [-0.1, -0.05) is 48.0 Å². The van der Waals surface area contributed by atoms with Crippen molar-refractivity contribution in [2.75, 3.05) is 0 Å². The average molecular weight is 417 g/mol. The molecule has 28 heavy (non-hydrogen) atoms. The highest BCUT2D eigenvalue weighted by molar-refractivity contribution is 7.90. The maximum Gasteiger partial charge on any atom is 0.364 e. The first-order valence-electron chi connectivity index (χ1n) is 8.35. The van der Waals surface area contributed by atoms with E-state index in [9.17, 15) is 13.2 Å². The summed E-state index contributed by atoms with van der Waals surface area (Å²) in [5.41, 5.74) is 2.06. The minimum atomic E-state index is -3.88. The molecule has 3 aromatic rings. The second-order valence-electron chi connectivity index (χ2n) is 6.24. The van der Waals surface area contributed by atoms with Crippen LogP contribution in [0.1, 0.15) is 27.2 Å². The van der Waals surface area contributed by atoms with Crippen LogP contribution in [0, 0.1) is 13.8 Å². The molecule has 1 heterocycles. The fourth-order valence-corrected chi connectivity index (χ4v) is 3.99. The topological polar surface area (TPSA) is 86.2 Å². The quantitative estimate of drug-likeness (QED) is 0.355. The SMILES string of the molecule is Cc1cccc(OC(=O)c2nc(S(=O)(=O)Cc3ccccc3C)ncc2Cl)c1. The van der Waals surface area contributed by atoms with E-state index in [4.69, 9.17) is 16.3 Å². The van der Waals surface area contributed by atoms with Gasteiger partial charge in [0.05, 0.1) is 17.0 Å². The first kappa shape index (κ1) is 20.0. The van der Waals surface area contributed by atoms with Crippen molar-refractivity contribution in [1.29, 1.82) is 0 Å². The van der Waals surface area contributed by atoms with Gasteiger partial charge in [-0.05, 0) is 42.7 Å². The first-order valence-corrected chi connectivity index (χ1v) is 10.4. The van der Waals surface area contributed by atoms with Crippen LogP contribution < -0.4 is 4.74 Å². The van der Waals surface area contributed by atoms with E-state index < -0.39 is 21.0 Å². The minimum absolute atomic E-state index is 0.0903. The van der Waals surface area contributed by atoms with Crippen molar-refractivity contribution in [2.45, 2.75) is 24.8 Å². The molecule has 0 bridgehead atoms. The summed E-state index contributed by atoms with van der Waals surface area (Å²) in [4.78, 5) is 20.1. The molecule has 0 amide bonds.